The van der Waals surface area contributed by atoms with Crippen LogP contribution >= 0.6 is 0 Å². The molecule has 0 aliphatic rings. The Bertz CT molecular complexity index is 376. The number of carbonyl (C=O) groups is 1. The van der Waals surface area contributed by atoms with Crippen molar-refractivity contribution in [2.45, 2.75) is 39.7 Å². The lowest BCUT2D eigenvalue weighted by atomic mass is 10.1. The van der Waals surface area contributed by atoms with Crippen molar-refractivity contribution in [3.8, 4) is 0 Å². The molecule has 0 spiro atoms. The fourth-order valence-corrected chi connectivity index (χ4v) is 1.39. The molecule has 0 N–H and O–H groups in total. The van der Waals surface area contributed by atoms with Gasteiger partial charge in [-0.1, -0.05) is 19.1 Å². The van der Waals surface area contributed by atoms with Gasteiger partial charge in [-0.3, -0.25) is 4.90 Å². The molecule has 0 aromatic heterocycles. The molecule has 0 aliphatic carbocycles. The fraction of sp³-hybridized carbons (Fsp3) is 0.500. The summed E-state index contributed by atoms with van der Waals surface area (Å²) in [6, 6.07) is 7.91. The maximum atomic E-state index is 11.8. The highest BCUT2D eigenvalue weighted by atomic mass is 16.6. The number of ether oxygens (including phenoxy) is 1. The minimum absolute atomic E-state index is 0.332. The van der Waals surface area contributed by atoms with Gasteiger partial charge in [0.05, 0.1) is 0 Å². The van der Waals surface area contributed by atoms with Gasteiger partial charge in [0, 0.05) is 12.7 Å². The van der Waals surface area contributed by atoms with Crippen LogP contribution < -0.4 is 4.90 Å². The molecule has 1 aromatic rings. The zero-order valence-corrected chi connectivity index (χ0v) is 11.3. The molecule has 0 heterocycles. The van der Waals surface area contributed by atoms with Crippen molar-refractivity contribution in [1.82, 2.24) is 0 Å². The molecule has 94 valence electrons. The first-order valence-corrected chi connectivity index (χ1v) is 5.89. The Hall–Kier alpha value is -1.51. The summed E-state index contributed by atoms with van der Waals surface area (Å²) in [5.74, 6) is 0. The Morgan fingerprint density at radius 2 is 1.76 bits per heavy atom. The number of anilines is 1. The van der Waals surface area contributed by atoms with E-state index in [1.807, 2.05) is 45.0 Å². The number of benzene rings is 1. The minimum atomic E-state index is -0.464. The molecule has 3 heteroatoms. The van der Waals surface area contributed by atoms with Crippen LogP contribution in [0.4, 0.5) is 10.5 Å². The first-order chi connectivity index (χ1) is 7.83. The van der Waals surface area contributed by atoms with Gasteiger partial charge in [0.15, 0.2) is 0 Å². The second kappa shape index (κ2) is 5.21. The monoisotopic (exact) mass is 235 g/mol. The van der Waals surface area contributed by atoms with Crippen molar-refractivity contribution in [1.29, 1.82) is 0 Å². The molecule has 0 saturated carbocycles. The molecule has 1 rings (SSSR count). The van der Waals surface area contributed by atoms with Crippen LogP contribution in [0.2, 0.25) is 0 Å². The summed E-state index contributed by atoms with van der Waals surface area (Å²) in [4.78, 5) is 13.3. The average Bonchev–Trinajstić information content (AvgIpc) is 2.26. The van der Waals surface area contributed by atoms with E-state index in [2.05, 4.69) is 6.92 Å². The number of amides is 1. The van der Waals surface area contributed by atoms with Crippen LogP contribution in [0.5, 0.6) is 0 Å². The van der Waals surface area contributed by atoms with E-state index >= 15 is 0 Å². The summed E-state index contributed by atoms with van der Waals surface area (Å²) in [6.45, 7) is 7.68. The number of nitrogens with zero attached hydrogens (tertiary/aromatic N) is 1. The van der Waals surface area contributed by atoms with Crippen LogP contribution in [0, 0.1) is 0 Å². The summed E-state index contributed by atoms with van der Waals surface area (Å²) < 4.78 is 5.30. The average molecular weight is 235 g/mol. The van der Waals surface area contributed by atoms with Crippen LogP contribution in [-0.4, -0.2) is 18.7 Å². The first-order valence-electron chi connectivity index (χ1n) is 5.89. The highest BCUT2D eigenvalue weighted by molar-refractivity contribution is 5.87. The van der Waals surface area contributed by atoms with Crippen molar-refractivity contribution in [3.63, 3.8) is 0 Å². The first kappa shape index (κ1) is 13.6. The van der Waals surface area contributed by atoms with E-state index < -0.39 is 5.60 Å². The van der Waals surface area contributed by atoms with Crippen molar-refractivity contribution >= 4 is 11.8 Å². The number of hydrogen-bond acceptors (Lipinski definition) is 2. The van der Waals surface area contributed by atoms with E-state index in [-0.39, 0.29) is 6.09 Å². The highest BCUT2D eigenvalue weighted by Crippen LogP contribution is 2.17. The van der Waals surface area contributed by atoms with Gasteiger partial charge in [-0.2, -0.15) is 0 Å². The van der Waals surface area contributed by atoms with E-state index in [1.54, 1.807) is 7.05 Å². The number of rotatable bonds is 2. The third kappa shape index (κ3) is 4.10. The molecule has 0 radical (unpaired) electrons. The second-order valence-corrected chi connectivity index (χ2v) is 5.06. The van der Waals surface area contributed by atoms with Gasteiger partial charge >= 0.3 is 6.09 Å². The summed E-state index contributed by atoms with van der Waals surface area (Å²) >= 11 is 0. The van der Waals surface area contributed by atoms with Crippen molar-refractivity contribution < 1.29 is 9.53 Å². The molecule has 0 bridgehead atoms. The lowest BCUT2D eigenvalue weighted by Crippen LogP contribution is -2.34. The largest absolute Gasteiger partial charge is 0.443 e. The smallest absolute Gasteiger partial charge is 0.414 e. The molecular formula is C14H21NO2. The standard InChI is InChI=1S/C14H21NO2/c1-6-11-7-9-12(10-8-11)15(5)13(16)17-14(2,3)4/h7-10H,6H2,1-5H3. The van der Waals surface area contributed by atoms with E-state index in [0.29, 0.717) is 0 Å². The Labute approximate surface area is 103 Å². The van der Waals surface area contributed by atoms with Gasteiger partial charge in [0.2, 0.25) is 0 Å². The molecular weight excluding hydrogens is 214 g/mol. The zero-order valence-electron chi connectivity index (χ0n) is 11.3. The molecule has 0 atom stereocenters. The molecule has 0 saturated heterocycles. The molecule has 17 heavy (non-hydrogen) atoms. The molecule has 0 unspecified atom stereocenters. The van der Waals surface area contributed by atoms with Crippen LogP contribution in [0.15, 0.2) is 24.3 Å². The maximum Gasteiger partial charge on any atom is 0.414 e. The van der Waals surface area contributed by atoms with Crippen LogP contribution in [0.25, 0.3) is 0 Å². The number of carbonyl (C=O) groups excluding carboxylic acids is 1. The van der Waals surface area contributed by atoms with Gasteiger partial charge in [0.25, 0.3) is 0 Å². The lowest BCUT2D eigenvalue weighted by molar-refractivity contribution is 0.0589. The SMILES string of the molecule is CCc1ccc(N(C)C(=O)OC(C)(C)C)cc1. The van der Waals surface area contributed by atoms with Crippen molar-refractivity contribution in [2.75, 3.05) is 11.9 Å². The van der Waals surface area contributed by atoms with E-state index in [0.717, 1.165) is 12.1 Å². The van der Waals surface area contributed by atoms with E-state index in [4.69, 9.17) is 4.74 Å². The fourth-order valence-electron chi connectivity index (χ4n) is 1.39. The summed E-state index contributed by atoms with van der Waals surface area (Å²) in [5.41, 5.74) is 1.64. The third-order valence-electron chi connectivity index (χ3n) is 2.40. The highest BCUT2D eigenvalue weighted by Gasteiger charge is 2.20. The minimum Gasteiger partial charge on any atom is -0.443 e. The van der Waals surface area contributed by atoms with Gasteiger partial charge < -0.3 is 4.74 Å². The van der Waals surface area contributed by atoms with Gasteiger partial charge in [-0.25, -0.2) is 4.79 Å². The van der Waals surface area contributed by atoms with Crippen molar-refractivity contribution in [3.05, 3.63) is 29.8 Å². The molecule has 1 amide bonds. The molecule has 0 aliphatic heterocycles. The Kier molecular flexibility index (Phi) is 4.16. The van der Waals surface area contributed by atoms with Gasteiger partial charge in [0.1, 0.15) is 5.60 Å². The van der Waals surface area contributed by atoms with Gasteiger partial charge in [-0.15, -0.1) is 0 Å². The summed E-state index contributed by atoms with van der Waals surface area (Å²) in [7, 11) is 1.72. The van der Waals surface area contributed by atoms with Crippen LogP contribution in [0.3, 0.4) is 0 Å². The van der Waals surface area contributed by atoms with Crippen LogP contribution in [-0.2, 0) is 11.2 Å². The topological polar surface area (TPSA) is 29.5 Å². The number of hydrogen-bond donors (Lipinski definition) is 0. The Morgan fingerprint density at radius 3 is 2.18 bits per heavy atom. The zero-order chi connectivity index (χ0) is 13.1. The summed E-state index contributed by atoms with van der Waals surface area (Å²) in [6.07, 6.45) is 0.665. The quantitative estimate of drug-likeness (QED) is 0.783. The lowest BCUT2D eigenvalue weighted by Gasteiger charge is -2.24. The maximum absolute atomic E-state index is 11.8. The van der Waals surface area contributed by atoms with Crippen LogP contribution in [0.1, 0.15) is 33.3 Å². The van der Waals surface area contributed by atoms with E-state index in [9.17, 15) is 4.79 Å². The van der Waals surface area contributed by atoms with E-state index in [1.165, 1.54) is 10.5 Å². The normalized spacial score (nSPS) is 11.1. The van der Waals surface area contributed by atoms with Gasteiger partial charge in [-0.05, 0) is 44.9 Å². The predicted octanol–water partition coefficient (Wildman–Crippen LogP) is 3.62. The second-order valence-electron chi connectivity index (χ2n) is 5.06. The molecule has 0 fully saturated rings. The molecule has 3 nitrogen and oxygen atoms in total. The number of aryl methyl sites for hydroxylation is 1. The Balaban J connectivity index is 2.74. The van der Waals surface area contributed by atoms with Crippen molar-refractivity contribution in [2.24, 2.45) is 0 Å². The predicted molar refractivity (Wildman–Crippen MR) is 70.5 cm³/mol. The summed E-state index contributed by atoms with van der Waals surface area (Å²) in [5, 5.41) is 0. The molecule has 1 aromatic carbocycles. The third-order valence-corrected chi connectivity index (χ3v) is 2.40. The Morgan fingerprint density at radius 1 is 1.24 bits per heavy atom.